The van der Waals surface area contributed by atoms with E-state index in [1.165, 1.54) is 40.8 Å². The van der Waals surface area contributed by atoms with E-state index in [1.807, 2.05) is 36.4 Å². The molecule has 0 aliphatic carbocycles. The maximum Gasteiger partial charge on any atom is 0.573 e. The first-order valence-corrected chi connectivity index (χ1v) is 17.2. The van der Waals surface area contributed by atoms with E-state index in [2.05, 4.69) is 63.8 Å². The van der Waals surface area contributed by atoms with Crippen LogP contribution in [0.2, 0.25) is 0 Å². The number of halogens is 3. The van der Waals surface area contributed by atoms with E-state index in [4.69, 9.17) is 4.74 Å². The van der Waals surface area contributed by atoms with Crippen LogP contribution in [0.15, 0.2) is 78.0 Å². The quantitative estimate of drug-likeness (QED) is 0.157. The minimum absolute atomic E-state index is 0.193. The normalized spacial score (nSPS) is 16.6. The number of urea groups is 1. The second kappa shape index (κ2) is 15.8. The van der Waals surface area contributed by atoms with Gasteiger partial charge in [0.05, 0.1) is 18.5 Å². The van der Waals surface area contributed by atoms with Gasteiger partial charge in [-0.15, -0.1) is 18.3 Å². The lowest BCUT2D eigenvalue weighted by Gasteiger charge is -2.37. The molecule has 49 heavy (non-hydrogen) atoms. The summed E-state index contributed by atoms with van der Waals surface area (Å²) in [6, 6.07) is 19.3. The van der Waals surface area contributed by atoms with Crippen LogP contribution in [0.3, 0.4) is 0 Å². The lowest BCUT2D eigenvalue weighted by Crippen LogP contribution is -2.42. The topological polar surface area (TPSA) is 93.9 Å². The molecule has 2 atom stereocenters. The van der Waals surface area contributed by atoms with Crippen molar-refractivity contribution in [1.82, 2.24) is 20.1 Å². The van der Waals surface area contributed by atoms with E-state index in [-0.39, 0.29) is 23.7 Å². The standard InChI is InChI=1S/C36H41F3N6O3S/c1-23(2)31-17-16-30(47-5)21-32(31)45-25(4)18-20-49-35(45)42-34(46)40-19-6-7-24(3)26-8-10-27(11-9-26)33-41-22-44(43-33)28-12-14-29(15-13-28)48-36(37,38)39/h8-17,21-25H,6-7,18-20H2,1-5H3,(H,40,46). The Bertz CT molecular complexity index is 1740. The first-order valence-electron chi connectivity index (χ1n) is 16.3. The largest absolute Gasteiger partial charge is 0.573 e. The molecule has 1 N–H and O–H groups in total. The molecule has 0 bridgehead atoms. The van der Waals surface area contributed by atoms with Crippen molar-refractivity contribution in [3.63, 3.8) is 0 Å². The molecule has 3 aromatic carbocycles. The SMILES string of the molecule is COc1ccc(C(C)C)c(N2C(=NC(=O)NCCCC(C)c3ccc(-c4ncn(-c5ccc(OC(F)(F)F)cc5)n4)cc3)SCCC2C)c1. The van der Waals surface area contributed by atoms with Gasteiger partial charge in [0.2, 0.25) is 0 Å². The van der Waals surface area contributed by atoms with Crippen molar-refractivity contribution in [3.8, 4) is 28.6 Å². The summed E-state index contributed by atoms with van der Waals surface area (Å²) < 4.78 is 48.3. The predicted molar refractivity (Wildman–Crippen MR) is 188 cm³/mol. The van der Waals surface area contributed by atoms with Gasteiger partial charge in [0, 0.05) is 30.0 Å². The highest BCUT2D eigenvalue weighted by Gasteiger charge is 2.31. The van der Waals surface area contributed by atoms with Crippen LogP contribution in [0, 0.1) is 0 Å². The number of nitrogens with zero attached hydrogens (tertiary/aromatic N) is 5. The molecule has 1 saturated heterocycles. The van der Waals surface area contributed by atoms with Crippen LogP contribution in [0.4, 0.5) is 23.7 Å². The molecule has 0 spiro atoms. The molecule has 2 heterocycles. The first-order chi connectivity index (χ1) is 23.4. The zero-order valence-corrected chi connectivity index (χ0v) is 29.0. The Hall–Kier alpha value is -4.52. The van der Waals surface area contributed by atoms with Crippen LogP contribution in [-0.4, -0.2) is 57.8 Å². The lowest BCUT2D eigenvalue weighted by atomic mass is 9.95. The fourth-order valence-electron chi connectivity index (χ4n) is 5.66. The third-order valence-electron chi connectivity index (χ3n) is 8.38. The van der Waals surface area contributed by atoms with Gasteiger partial charge in [0.25, 0.3) is 0 Å². The van der Waals surface area contributed by atoms with E-state index >= 15 is 0 Å². The number of anilines is 1. The summed E-state index contributed by atoms with van der Waals surface area (Å²) in [7, 11) is 1.66. The number of hydrogen-bond donors (Lipinski definition) is 1. The van der Waals surface area contributed by atoms with Gasteiger partial charge < -0.3 is 19.7 Å². The number of thioether (sulfide) groups is 1. The molecule has 13 heteroatoms. The van der Waals surface area contributed by atoms with Gasteiger partial charge in [0.1, 0.15) is 17.8 Å². The summed E-state index contributed by atoms with van der Waals surface area (Å²) in [6.45, 7) is 9.14. The molecule has 1 aliphatic heterocycles. The summed E-state index contributed by atoms with van der Waals surface area (Å²) in [5.74, 6) is 2.42. The van der Waals surface area contributed by atoms with Gasteiger partial charge in [0.15, 0.2) is 11.0 Å². The number of ether oxygens (including phenoxy) is 2. The summed E-state index contributed by atoms with van der Waals surface area (Å²) in [6.07, 6.45) is -0.586. The number of carbonyl (C=O) groups excluding carboxylic acids is 1. The maximum absolute atomic E-state index is 13.0. The number of nitrogens with one attached hydrogen (secondary N) is 1. The Morgan fingerprint density at radius 3 is 2.45 bits per heavy atom. The maximum atomic E-state index is 13.0. The van der Waals surface area contributed by atoms with Gasteiger partial charge in [-0.25, -0.2) is 14.5 Å². The average Bonchev–Trinajstić information content (AvgIpc) is 3.56. The third kappa shape index (κ3) is 9.34. The number of rotatable bonds is 11. The number of aromatic nitrogens is 3. The predicted octanol–water partition coefficient (Wildman–Crippen LogP) is 8.95. The molecule has 2 unspecified atom stereocenters. The summed E-state index contributed by atoms with van der Waals surface area (Å²) in [5, 5.41) is 8.15. The Balaban J connectivity index is 1.14. The number of methoxy groups -OCH3 is 1. The fourth-order valence-corrected chi connectivity index (χ4v) is 6.87. The Kier molecular flexibility index (Phi) is 11.5. The van der Waals surface area contributed by atoms with Gasteiger partial charge in [-0.2, -0.15) is 4.99 Å². The number of alkyl halides is 3. The molecule has 0 radical (unpaired) electrons. The molecule has 260 valence electrons. The zero-order valence-electron chi connectivity index (χ0n) is 28.2. The van der Waals surface area contributed by atoms with Gasteiger partial charge >= 0.3 is 12.4 Å². The van der Waals surface area contributed by atoms with Crippen LogP contribution in [0.25, 0.3) is 17.1 Å². The van der Waals surface area contributed by atoms with Crippen LogP contribution in [-0.2, 0) is 0 Å². The van der Waals surface area contributed by atoms with Gasteiger partial charge in [-0.1, -0.05) is 62.9 Å². The summed E-state index contributed by atoms with van der Waals surface area (Å²) in [5.41, 5.74) is 4.73. The molecule has 0 saturated carbocycles. The minimum atomic E-state index is -4.75. The second-order valence-corrected chi connectivity index (χ2v) is 13.3. The molecule has 4 aromatic rings. The van der Waals surface area contributed by atoms with Crippen LogP contribution < -0.4 is 19.7 Å². The lowest BCUT2D eigenvalue weighted by molar-refractivity contribution is -0.274. The molecule has 1 fully saturated rings. The van der Waals surface area contributed by atoms with E-state index in [0.29, 0.717) is 29.1 Å². The number of amidine groups is 1. The van der Waals surface area contributed by atoms with Crippen molar-refractivity contribution in [3.05, 3.63) is 84.2 Å². The Morgan fingerprint density at radius 1 is 1.06 bits per heavy atom. The number of aliphatic imine (C=N–C) groups is 1. The summed E-state index contributed by atoms with van der Waals surface area (Å²) >= 11 is 1.60. The highest BCUT2D eigenvalue weighted by molar-refractivity contribution is 8.14. The van der Waals surface area contributed by atoms with Crippen molar-refractivity contribution in [2.24, 2.45) is 4.99 Å². The monoisotopic (exact) mass is 694 g/mol. The summed E-state index contributed by atoms with van der Waals surface area (Å²) in [4.78, 5) is 24.0. The number of carbonyl (C=O) groups is 1. The molecule has 5 rings (SSSR count). The van der Waals surface area contributed by atoms with E-state index < -0.39 is 6.36 Å². The fraction of sp³-hybridized carbons (Fsp3) is 0.389. The molecule has 1 aliphatic rings. The van der Waals surface area contributed by atoms with Crippen LogP contribution in [0.5, 0.6) is 11.5 Å². The van der Waals surface area contributed by atoms with Crippen molar-refractivity contribution < 1.29 is 27.4 Å². The number of benzene rings is 3. The number of amides is 2. The zero-order chi connectivity index (χ0) is 35.1. The van der Waals surface area contributed by atoms with E-state index in [9.17, 15) is 18.0 Å². The van der Waals surface area contributed by atoms with Gasteiger partial charge in [-0.05, 0) is 79.5 Å². The minimum Gasteiger partial charge on any atom is -0.497 e. The van der Waals surface area contributed by atoms with Crippen molar-refractivity contribution in [2.45, 2.75) is 71.2 Å². The Morgan fingerprint density at radius 2 is 1.78 bits per heavy atom. The molecular weight excluding hydrogens is 653 g/mol. The van der Waals surface area contributed by atoms with Crippen molar-refractivity contribution in [1.29, 1.82) is 0 Å². The first kappa shape index (κ1) is 35.8. The van der Waals surface area contributed by atoms with Crippen LogP contribution >= 0.6 is 11.8 Å². The number of hydrogen-bond acceptors (Lipinski definition) is 6. The third-order valence-corrected chi connectivity index (χ3v) is 9.37. The van der Waals surface area contributed by atoms with Crippen LogP contribution in [0.1, 0.15) is 69.9 Å². The van der Waals surface area contributed by atoms with Gasteiger partial charge in [-0.3, -0.25) is 0 Å². The van der Waals surface area contributed by atoms with Crippen molar-refractivity contribution in [2.75, 3.05) is 24.3 Å². The van der Waals surface area contributed by atoms with E-state index in [0.717, 1.165) is 47.6 Å². The molecule has 2 amide bonds. The molecule has 9 nitrogen and oxygen atoms in total. The second-order valence-electron chi connectivity index (χ2n) is 12.3. The molecular formula is C36H41F3N6O3S. The highest BCUT2D eigenvalue weighted by atomic mass is 32.2. The highest BCUT2D eigenvalue weighted by Crippen LogP contribution is 2.37. The molecule has 1 aromatic heterocycles. The van der Waals surface area contributed by atoms with Crippen molar-refractivity contribution >= 4 is 28.6 Å². The van der Waals surface area contributed by atoms with E-state index in [1.54, 1.807) is 18.9 Å². The average molecular weight is 695 g/mol. The Labute approximate surface area is 288 Å². The smallest absolute Gasteiger partial charge is 0.497 e.